The molecule has 2 N–H and O–H groups in total. The van der Waals surface area contributed by atoms with Crippen molar-refractivity contribution in [2.75, 3.05) is 0 Å². The van der Waals surface area contributed by atoms with Gasteiger partial charge in [0.2, 0.25) is 5.91 Å². The van der Waals surface area contributed by atoms with Crippen LogP contribution in [0.2, 0.25) is 5.02 Å². The average Bonchev–Trinajstić information content (AvgIpc) is 2.60. The predicted octanol–water partition coefficient (Wildman–Crippen LogP) is 3.52. The summed E-state index contributed by atoms with van der Waals surface area (Å²) in [5, 5.41) is 11.7. The molecule has 0 fully saturated rings. The van der Waals surface area contributed by atoms with Crippen LogP contribution >= 0.6 is 11.6 Å². The molecule has 0 bridgehead atoms. The quantitative estimate of drug-likeness (QED) is 0.742. The predicted molar refractivity (Wildman–Crippen MR) is 96.5 cm³/mol. The number of ether oxygens (including phenoxy) is 1. The Kier molecular flexibility index (Phi) is 6.60. The fraction of sp³-hybridized carbons (Fsp3) is 0.158. The zero-order chi connectivity index (χ0) is 18.2. The van der Waals surface area contributed by atoms with Crippen LogP contribution in [0, 0.1) is 0 Å². The first-order chi connectivity index (χ1) is 12.0. The van der Waals surface area contributed by atoms with Crippen LogP contribution < -0.4 is 10.1 Å². The number of hydrogen-bond donors (Lipinski definition) is 2. The van der Waals surface area contributed by atoms with Crippen molar-refractivity contribution in [2.24, 2.45) is 0 Å². The molecule has 1 amide bonds. The molecule has 0 aromatic heterocycles. The van der Waals surface area contributed by atoms with Crippen LogP contribution in [0.5, 0.6) is 5.75 Å². The number of benzene rings is 2. The summed E-state index contributed by atoms with van der Waals surface area (Å²) in [5.41, 5.74) is 1.69. The smallest absolute Gasteiger partial charge is 0.325 e. The zero-order valence-electron chi connectivity index (χ0n) is 13.6. The van der Waals surface area contributed by atoms with Crippen molar-refractivity contribution in [3.63, 3.8) is 0 Å². The molecule has 1 atom stereocenters. The summed E-state index contributed by atoms with van der Waals surface area (Å²) in [7, 11) is 0. The Morgan fingerprint density at radius 3 is 2.52 bits per heavy atom. The van der Waals surface area contributed by atoms with Crippen LogP contribution in [-0.2, 0) is 16.2 Å². The molecule has 0 heterocycles. The molecular formula is C19H18ClNO4. The summed E-state index contributed by atoms with van der Waals surface area (Å²) < 4.78 is 5.68. The van der Waals surface area contributed by atoms with Gasteiger partial charge in [0.05, 0.1) is 0 Å². The van der Waals surface area contributed by atoms with E-state index < -0.39 is 17.9 Å². The Morgan fingerprint density at radius 1 is 1.20 bits per heavy atom. The molecular weight excluding hydrogens is 342 g/mol. The number of carbonyl (C=O) groups is 2. The van der Waals surface area contributed by atoms with Crippen LogP contribution in [0.15, 0.2) is 54.6 Å². The molecule has 0 aliphatic carbocycles. The van der Waals surface area contributed by atoms with Gasteiger partial charge in [0.15, 0.2) is 0 Å². The van der Waals surface area contributed by atoms with Crippen LogP contribution in [0.3, 0.4) is 0 Å². The second-order valence-electron chi connectivity index (χ2n) is 5.35. The minimum Gasteiger partial charge on any atom is -0.489 e. The zero-order valence-corrected chi connectivity index (χ0v) is 14.4. The van der Waals surface area contributed by atoms with Gasteiger partial charge in [-0.05, 0) is 36.8 Å². The highest BCUT2D eigenvalue weighted by molar-refractivity contribution is 6.31. The molecule has 2 aromatic rings. The van der Waals surface area contributed by atoms with E-state index in [2.05, 4.69) is 5.32 Å². The monoisotopic (exact) mass is 359 g/mol. The molecule has 6 heteroatoms. The number of nitrogens with one attached hydrogen (secondary N) is 1. The van der Waals surface area contributed by atoms with Gasteiger partial charge in [-0.15, -0.1) is 0 Å². The summed E-state index contributed by atoms with van der Waals surface area (Å²) in [6.07, 6.45) is 2.89. The topological polar surface area (TPSA) is 75.6 Å². The highest BCUT2D eigenvalue weighted by Crippen LogP contribution is 2.19. The minimum atomic E-state index is -1.08. The van der Waals surface area contributed by atoms with Crippen molar-refractivity contribution in [3.05, 3.63) is 70.8 Å². The molecule has 2 aromatic carbocycles. The van der Waals surface area contributed by atoms with Gasteiger partial charge in [-0.2, -0.15) is 0 Å². The number of carboxylic acid groups (broad SMARTS) is 1. The maximum Gasteiger partial charge on any atom is 0.325 e. The lowest BCUT2D eigenvalue weighted by Gasteiger charge is -2.08. The van der Waals surface area contributed by atoms with Gasteiger partial charge in [-0.1, -0.05) is 41.9 Å². The van der Waals surface area contributed by atoms with Gasteiger partial charge < -0.3 is 15.2 Å². The summed E-state index contributed by atoms with van der Waals surface area (Å²) in [4.78, 5) is 22.3. The van der Waals surface area contributed by atoms with E-state index in [4.69, 9.17) is 21.4 Å². The largest absolute Gasteiger partial charge is 0.489 e. The normalized spacial score (nSPS) is 11.9. The molecule has 1 unspecified atom stereocenters. The first kappa shape index (κ1) is 18.5. The van der Waals surface area contributed by atoms with E-state index in [0.29, 0.717) is 17.4 Å². The number of hydrogen-bond acceptors (Lipinski definition) is 3. The summed E-state index contributed by atoms with van der Waals surface area (Å²) in [6.45, 7) is 1.77. The number of carbonyl (C=O) groups excluding carboxylic acids is 1. The number of aliphatic carboxylic acids is 1. The Morgan fingerprint density at radius 2 is 1.88 bits per heavy atom. The Balaban J connectivity index is 1.89. The molecule has 130 valence electrons. The van der Waals surface area contributed by atoms with E-state index >= 15 is 0 Å². The van der Waals surface area contributed by atoms with Crippen LogP contribution in [0.25, 0.3) is 6.08 Å². The van der Waals surface area contributed by atoms with E-state index in [9.17, 15) is 9.59 Å². The molecule has 0 spiro atoms. The van der Waals surface area contributed by atoms with E-state index in [1.807, 2.05) is 24.3 Å². The molecule has 2 rings (SSSR count). The number of rotatable bonds is 7. The van der Waals surface area contributed by atoms with Crippen molar-refractivity contribution in [1.82, 2.24) is 5.32 Å². The summed E-state index contributed by atoms with van der Waals surface area (Å²) >= 11 is 6.08. The standard InChI is InChI=1S/C19H18ClNO4/c1-13(19(23)24)21-18(22)11-8-14-6-9-16(10-7-14)25-12-15-4-2-3-5-17(15)20/h2-11,13H,12H2,1H3,(H,21,22)(H,23,24)/b11-8+. The third-order valence-corrected chi connectivity index (χ3v) is 3.76. The minimum absolute atomic E-state index is 0.365. The first-order valence-corrected chi connectivity index (χ1v) is 8.01. The first-order valence-electron chi connectivity index (χ1n) is 7.63. The van der Waals surface area contributed by atoms with Gasteiger partial charge in [-0.3, -0.25) is 9.59 Å². The molecule has 0 aliphatic heterocycles. The number of amides is 1. The molecule has 5 nitrogen and oxygen atoms in total. The number of halogens is 1. The lowest BCUT2D eigenvalue weighted by atomic mass is 10.2. The second kappa shape index (κ2) is 8.89. The van der Waals surface area contributed by atoms with Crippen molar-refractivity contribution in [3.8, 4) is 5.75 Å². The Labute approximate surface area is 150 Å². The van der Waals surface area contributed by atoms with Crippen LogP contribution in [0.4, 0.5) is 0 Å². The van der Waals surface area contributed by atoms with Crippen molar-refractivity contribution >= 4 is 29.6 Å². The van der Waals surface area contributed by atoms with E-state index in [0.717, 1.165) is 11.1 Å². The van der Waals surface area contributed by atoms with Crippen molar-refractivity contribution in [1.29, 1.82) is 0 Å². The van der Waals surface area contributed by atoms with Crippen LogP contribution in [0.1, 0.15) is 18.1 Å². The Bertz CT molecular complexity index is 771. The lowest BCUT2D eigenvalue weighted by molar-refractivity contribution is -0.140. The molecule has 0 saturated heterocycles. The van der Waals surface area contributed by atoms with Gasteiger partial charge in [-0.25, -0.2) is 0 Å². The number of carboxylic acids is 1. The van der Waals surface area contributed by atoms with E-state index in [1.165, 1.54) is 13.0 Å². The van der Waals surface area contributed by atoms with Crippen molar-refractivity contribution in [2.45, 2.75) is 19.6 Å². The third kappa shape index (κ3) is 5.97. The molecule has 0 aliphatic rings. The van der Waals surface area contributed by atoms with E-state index in [-0.39, 0.29) is 0 Å². The SMILES string of the molecule is CC(NC(=O)/C=C/c1ccc(OCc2ccccc2Cl)cc1)C(=O)O. The third-order valence-electron chi connectivity index (χ3n) is 3.39. The highest BCUT2D eigenvalue weighted by Gasteiger charge is 2.11. The van der Waals surface area contributed by atoms with Gasteiger partial charge >= 0.3 is 5.97 Å². The fourth-order valence-electron chi connectivity index (χ4n) is 1.95. The van der Waals surface area contributed by atoms with Crippen LogP contribution in [-0.4, -0.2) is 23.0 Å². The van der Waals surface area contributed by atoms with Gasteiger partial charge in [0, 0.05) is 16.7 Å². The maximum atomic E-state index is 11.6. The maximum absolute atomic E-state index is 11.6. The van der Waals surface area contributed by atoms with Crippen molar-refractivity contribution < 1.29 is 19.4 Å². The molecule has 0 saturated carbocycles. The highest BCUT2D eigenvalue weighted by atomic mass is 35.5. The lowest BCUT2D eigenvalue weighted by Crippen LogP contribution is -2.37. The van der Waals surface area contributed by atoms with E-state index in [1.54, 1.807) is 30.3 Å². The summed E-state index contributed by atoms with van der Waals surface area (Å²) in [5.74, 6) is -0.864. The second-order valence-corrected chi connectivity index (χ2v) is 5.76. The fourth-order valence-corrected chi connectivity index (χ4v) is 2.14. The summed E-state index contributed by atoms with van der Waals surface area (Å²) in [6, 6.07) is 13.7. The van der Waals surface area contributed by atoms with Gasteiger partial charge in [0.25, 0.3) is 0 Å². The average molecular weight is 360 g/mol. The molecule has 0 radical (unpaired) electrons. The van der Waals surface area contributed by atoms with Gasteiger partial charge in [0.1, 0.15) is 18.4 Å². The Hall–Kier alpha value is -2.79. The molecule has 25 heavy (non-hydrogen) atoms.